The van der Waals surface area contributed by atoms with Crippen LogP contribution in [0.5, 0.6) is 23.0 Å². The third-order valence-electron chi connectivity index (χ3n) is 9.24. The van der Waals surface area contributed by atoms with E-state index in [9.17, 15) is 14.0 Å². The highest BCUT2D eigenvalue weighted by Gasteiger charge is 2.21. The second-order valence-corrected chi connectivity index (χ2v) is 12.8. The number of nitrogens with zero attached hydrogens (tertiary/aromatic N) is 4. The minimum Gasteiger partial charge on any atom is -0.493 e. The first-order valence-corrected chi connectivity index (χ1v) is 17.2. The number of amides is 1. The smallest absolute Gasteiger partial charge is 0.280 e. The molecule has 6 aromatic rings. The highest BCUT2D eigenvalue weighted by atomic mass is 19.1. The molecule has 0 unspecified atom stereocenters. The van der Waals surface area contributed by atoms with Gasteiger partial charge in [0.2, 0.25) is 5.43 Å². The number of halogens is 2. The Kier molecular flexibility index (Phi) is 10.1. The molecule has 1 aliphatic rings. The van der Waals surface area contributed by atoms with E-state index >= 15 is 4.39 Å². The Morgan fingerprint density at radius 2 is 1.67 bits per heavy atom. The second-order valence-electron chi connectivity index (χ2n) is 12.8. The van der Waals surface area contributed by atoms with Gasteiger partial charge in [0.05, 0.1) is 30.1 Å². The number of piperidine rings is 1. The summed E-state index contributed by atoms with van der Waals surface area (Å²) in [6.45, 7) is 6.04. The average molecular weight is 706 g/mol. The maximum Gasteiger partial charge on any atom is 0.280 e. The normalized spacial score (nSPS) is 13.7. The molecule has 1 fully saturated rings. The van der Waals surface area contributed by atoms with Crippen LogP contribution in [0.2, 0.25) is 0 Å². The predicted molar refractivity (Wildman–Crippen MR) is 195 cm³/mol. The maximum absolute atomic E-state index is 15.5. The number of aromatic nitrogens is 3. The van der Waals surface area contributed by atoms with Gasteiger partial charge in [-0.05, 0) is 86.8 Å². The quantitative estimate of drug-likeness (QED) is 0.136. The first-order valence-electron chi connectivity index (χ1n) is 17.2. The van der Waals surface area contributed by atoms with Crippen LogP contribution in [0.1, 0.15) is 36.7 Å². The van der Waals surface area contributed by atoms with Gasteiger partial charge in [-0.2, -0.15) is 5.10 Å². The minimum absolute atomic E-state index is 0.0551. The standard InChI is InChI=1S/C40H37F2N5O5/c1-25-15-19-46(20-16-25)18-7-21-51-37-24-31-28(23-36(37)50-2)34(14-17-43-31)52-35-13-12-26(22-30(35)42)44-40(49)38-39(48)27-8-3-5-10-32(27)47(45-38)33-11-6-4-9-29(33)41/h3-6,8-14,17,22-25H,7,15-16,18-21H2,1-2H3,(H,44,49). The lowest BCUT2D eigenvalue weighted by molar-refractivity contribution is 0.102. The van der Waals surface area contributed by atoms with Gasteiger partial charge in [-0.15, -0.1) is 0 Å². The van der Waals surface area contributed by atoms with E-state index in [0.29, 0.717) is 40.3 Å². The first kappa shape index (κ1) is 34.6. The van der Waals surface area contributed by atoms with E-state index in [1.807, 2.05) is 0 Å². The van der Waals surface area contributed by atoms with Gasteiger partial charge < -0.3 is 24.4 Å². The predicted octanol–water partition coefficient (Wildman–Crippen LogP) is 7.77. The van der Waals surface area contributed by atoms with Crippen molar-refractivity contribution in [1.82, 2.24) is 19.7 Å². The summed E-state index contributed by atoms with van der Waals surface area (Å²) < 4.78 is 49.2. The van der Waals surface area contributed by atoms with Crippen LogP contribution in [-0.2, 0) is 0 Å². The molecule has 0 radical (unpaired) electrons. The highest BCUT2D eigenvalue weighted by Crippen LogP contribution is 2.38. The molecule has 0 bridgehead atoms. The summed E-state index contributed by atoms with van der Waals surface area (Å²) >= 11 is 0. The number of benzene rings is 4. The van der Waals surface area contributed by atoms with Gasteiger partial charge in [-0.1, -0.05) is 31.2 Å². The molecule has 7 rings (SSSR count). The Morgan fingerprint density at radius 3 is 2.46 bits per heavy atom. The molecule has 4 aromatic carbocycles. The van der Waals surface area contributed by atoms with Gasteiger partial charge in [0.15, 0.2) is 28.8 Å². The van der Waals surface area contributed by atoms with Crippen LogP contribution in [0.25, 0.3) is 27.5 Å². The summed E-state index contributed by atoms with van der Waals surface area (Å²) in [7, 11) is 1.55. The molecule has 266 valence electrons. The summed E-state index contributed by atoms with van der Waals surface area (Å²) in [5.74, 6) is -0.186. The van der Waals surface area contributed by atoms with Gasteiger partial charge in [-0.25, -0.2) is 13.5 Å². The molecule has 52 heavy (non-hydrogen) atoms. The van der Waals surface area contributed by atoms with E-state index in [4.69, 9.17) is 14.2 Å². The number of fused-ring (bicyclic) bond motifs is 2. The molecule has 0 spiro atoms. The number of hydrogen-bond donors (Lipinski definition) is 1. The zero-order valence-corrected chi connectivity index (χ0v) is 28.8. The van der Waals surface area contributed by atoms with E-state index in [2.05, 4.69) is 27.2 Å². The third kappa shape index (κ3) is 7.28. The molecule has 12 heteroatoms. The Bertz CT molecular complexity index is 2320. The molecule has 2 aromatic heterocycles. The highest BCUT2D eigenvalue weighted by molar-refractivity contribution is 6.04. The van der Waals surface area contributed by atoms with E-state index < -0.39 is 28.7 Å². The van der Waals surface area contributed by atoms with E-state index in [0.717, 1.165) is 38.0 Å². The Hall–Kier alpha value is -5.88. The molecule has 1 saturated heterocycles. The van der Waals surface area contributed by atoms with Crippen molar-refractivity contribution in [3.63, 3.8) is 0 Å². The van der Waals surface area contributed by atoms with Crippen molar-refractivity contribution in [3.05, 3.63) is 119 Å². The van der Waals surface area contributed by atoms with Crippen molar-refractivity contribution in [2.75, 3.05) is 38.7 Å². The Morgan fingerprint density at radius 1 is 0.885 bits per heavy atom. The lowest BCUT2D eigenvalue weighted by Gasteiger charge is -2.30. The molecule has 3 heterocycles. The van der Waals surface area contributed by atoms with Gasteiger partial charge >= 0.3 is 0 Å². The second kappa shape index (κ2) is 15.2. The van der Waals surface area contributed by atoms with Gasteiger partial charge in [0.25, 0.3) is 5.91 Å². The topological polar surface area (TPSA) is 108 Å². The van der Waals surface area contributed by atoms with Crippen molar-refractivity contribution >= 4 is 33.4 Å². The zero-order chi connectivity index (χ0) is 36.2. The van der Waals surface area contributed by atoms with Crippen molar-refractivity contribution in [3.8, 4) is 28.7 Å². The number of methoxy groups -OCH3 is 1. The molecular formula is C40H37F2N5O5. The average Bonchev–Trinajstić information content (AvgIpc) is 3.15. The fourth-order valence-corrected chi connectivity index (χ4v) is 6.35. The molecule has 1 aliphatic heterocycles. The number of rotatable bonds is 11. The lowest BCUT2D eigenvalue weighted by atomic mass is 9.99. The van der Waals surface area contributed by atoms with Crippen LogP contribution in [0, 0.1) is 17.6 Å². The van der Waals surface area contributed by atoms with Crippen LogP contribution in [-0.4, -0.2) is 58.9 Å². The van der Waals surface area contributed by atoms with Gasteiger partial charge in [0.1, 0.15) is 17.3 Å². The molecule has 0 saturated carbocycles. The largest absolute Gasteiger partial charge is 0.493 e. The van der Waals surface area contributed by atoms with Crippen LogP contribution < -0.4 is 25.0 Å². The lowest BCUT2D eigenvalue weighted by Crippen LogP contribution is -2.34. The first-order chi connectivity index (χ1) is 25.3. The Balaban J connectivity index is 1.07. The third-order valence-corrected chi connectivity index (χ3v) is 9.24. The van der Waals surface area contributed by atoms with E-state index in [1.54, 1.807) is 55.8 Å². The Labute approximate surface area is 298 Å². The zero-order valence-electron chi connectivity index (χ0n) is 28.8. The van der Waals surface area contributed by atoms with Crippen molar-refractivity contribution in [2.24, 2.45) is 5.92 Å². The molecule has 1 N–H and O–H groups in total. The summed E-state index contributed by atoms with van der Waals surface area (Å²) in [5, 5.41) is 7.51. The number of hydrogen-bond acceptors (Lipinski definition) is 8. The molecule has 10 nitrogen and oxygen atoms in total. The monoisotopic (exact) mass is 705 g/mol. The number of ether oxygens (including phenoxy) is 3. The summed E-state index contributed by atoms with van der Waals surface area (Å²) in [5.41, 5.74) is -0.124. The number of carbonyl (C=O) groups is 1. The fourth-order valence-electron chi connectivity index (χ4n) is 6.35. The summed E-state index contributed by atoms with van der Waals surface area (Å²) in [6.07, 6.45) is 4.90. The van der Waals surface area contributed by atoms with Crippen molar-refractivity contribution in [1.29, 1.82) is 0 Å². The molecule has 0 aliphatic carbocycles. The minimum atomic E-state index is -0.889. The number of para-hydroxylation sites is 2. The number of likely N-dealkylation sites (tertiary alicyclic amines) is 1. The molecule has 0 atom stereocenters. The van der Waals surface area contributed by atoms with E-state index in [-0.39, 0.29) is 22.5 Å². The summed E-state index contributed by atoms with van der Waals surface area (Å²) in [6, 6.07) is 21.4. The van der Waals surface area contributed by atoms with Gasteiger partial charge in [-0.3, -0.25) is 14.6 Å². The number of pyridine rings is 1. The number of carbonyl (C=O) groups excluding carboxylic acids is 1. The molecule has 1 amide bonds. The van der Waals surface area contributed by atoms with Crippen LogP contribution in [0.3, 0.4) is 0 Å². The van der Waals surface area contributed by atoms with Gasteiger partial charge in [0, 0.05) is 35.9 Å². The number of nitrogens with one attached hydrogen (secondary N) is 1. The SMILES string of the molecule is COc1cc2c(Oc3ccc(NC(=O)c4nn(-c5ccccc5F)c5ccccc5c4=O)cc3F)ccnc2cc1OCCCN1CCC(C)CC1. The van der Waals surface area contributed by atoms with Crippen molar-refractivity contribution < 1.29 is 27.8 Å². The number of anilines is 1. The maximum atomic E-state index is 15.5. The van der Waals surface area contributed by atoms with Crippen LogP contribution in [0.4, 0.5) is 14.5 Å². The fraction of sp³-hybridized carbons (Fsp3) is 0.250. The van der Waals surface area contributed by atoms with Crippen LogP contribution in [0.15, 0.2) is 95.9 Å². The van der Waals surface area contributed by atoms with Crippen molar-refractivity contribution in [2.45, 2.75) is 26.2 Å². The van der Waals surface area contributed by atoms with Crippen LogP contribution >= 0.6 is 0 Å². The molecular weight excluding hydrogens is 668 g/mol. The summed E-state index contributed by atoms with van der Waals surface area (Å²) in [4.78, 5) is 33.6. The van der Waals surface area contributed by atoms with E-state index in [1.165, 1.54) is 53.9 Å².